The molecule has 1 aromatic rings. The lowest BCUT2D eigenvalue weighted by Crippen LogP contribution is -2.22. The van der Waals surface area contributed by atoms with E-state index < -0.39 is 12.2 Å². The number of hydrogen-bond donors (Lipinski definition) is 3. The lowest BCUT2D eigenvalue weighted by molar-refractivity contribution is 0.0146. The quantitative estimate of drug-likeness (QED) is 0.693. The molecule has 4 N–H and O–H groups in total. The molecule has 0 amide bonds. The zero-order valence-electron chi connectivity index (χ0n) is 9.22. The first-order valence-corrected chi connectivity index (χ1v) is 5.17. The van der Waals surface area contributed by atoms with Gasteiger partial charge in [0.25, 0.3) is 0 Å². The zero-order valence-corrected chi connectivity index (χ0v) is 9.22. The molecule has 0 saturated heterocycles. The summed E-state index contributed by atoms with van der Waals surface area (Å²) in [6.45, 7) is 2.13. The summed E-state index contributed by atoms with van der Waals surface area (Å²) in [6, 6.07) is 7.00. The Labute approximate surface area is 94.9 Å². The monoisotopic (exact) mass is 220 g/mol. The van der Waals surface area contributed by atoms with Gasteiger partial charge in [0.05, 0.1) is 17.7 Å². The van der Waals surface area contributed by atoms with Gasteiger partial charge in [0.2, 0.25) is 0 Å². The smallest absolute Gasteiger partial charge is 0.105 e. The Bertz CT molecular complexity index is 398. The summed E-state index contributed by atoms with van der Waals surface area (Å²) in [6.07, 6.45) is -1.46. The van der Waals surface area contributed by atoms with E-state index in [0.29, 0.717) is 24.1 Å². The molecule has 4 nitrogen and oxygen atoms in total. The first-order chi connectivity index (χ1) is 7.60. The van der Waals surface area contributed by atoms with Crippen LogP contribution in [0.25, 0.3) is 0 Å². The van der Waals surface area contributed by atoms with Crippen LogP contribution in [0.4, 0.5) is 0 Å². The highest BCUT2D eigenvalue weighted by atomic mass is 16.3. The number of benzene rings is 1. The van der Waals surface area contributed by atoms with Crippen LogP contribution in [0.2, 0.25) is 0 Å². The summed E-state index contributed by atoms with van der Waals surface area (Å²) < 4.78 is 0. The number of rotatable bonds is 4. The van der Waals surface area contributed by atoms with Gasteiger partial charge < -0.3 is 15.9 Å². The number of aryl methyl sites for hydroxylation is 1. The Morgan fingerprint density at radius 2 is 2.12 bits per heavy atom. The molecule has 0 spiro atoms. The average Bonchev–Trinajstić information content (AvgIpc) is 2.28. The highest BCUT2D eigenvalue weighted by Crippen LogP contribution is 2.22. The lowest BCUT2D eigenvalue weighted by atomic mass is 9.96. The molecule has 0 radical (unpaired) electrons. The third-order valence-corrected chi connectivity index (χ3v) is 2.54. The maximum atomic E-state index is 9.88. The normalized spacial score (nSPS) is 14.2. The fraction of sp³-hybridized carbons (Fsp3) is 0.417. The molecule has 0 bridgehead atoms. The van der Waals surface area contributed by atoms with Gasteiger partial charge in [-0.05, 0) is 43.1 Å². The Hall–Kier alpha value is -1.41. The van der Waals surface area contributed by atoms with Gasteiger partial charge in [-0.1, -0.05) is 6.07 Å². The van der Waals surface area contributed by atoms with Gasteiger partial charge >= 0.3 is 0 Å². The van der Waals surface area contributed by atoms with Gasteiger partial charge in [0.1, 0.15) is 6.10 Å². The van der Waals surface area contributed by atoms with E-state index in [1.807, 2.05) is 6.07 Å². The predicted molar refractivity (Wildman–Crippen MR) is 60.5 cm³/mol. The minimum Gasteiger partial charge on any atom is -0.390 e. The molecular weight excluding hydrogens is 204 g/mol. The van der Waals surface area contributed by atoms with Crippen LogP contribution in [0, 0.1) is 18.3 Å². The number of aliphatic hydroxyl groups excluding tert-OH is 2. The largest absolute Gasteiger partial charge is 0.390 e. The third-order valence-electron chi connectivity index (χ3n) is 2.54. The Balaban J connectivity index is 2.92. The van der Waals surface area contributed by atoms with Gasteiger partial charge in [-0.3, -0.25) is 0 Å². The fourth-order valence-corrected chi connectivity index (χ4v) is 1.61. The van der Waals surface area contributed by atoms with Gasteiger partial charge in [0.15, 0.2) is 0 Å². The molecule has 0 saturated carbocycles. The van der Waals surface area contributed by atoms with E-state index in [-0.39, 0.29) is 0 Å². The summed E-state index contributed by atoms with van der Waals surface area (Å²) in [5, 5.41) is 28.2. The molecule has 86 valence electrons. The van der Waals surface area contributed by atoms with Crippen LogP contribution in [0.5, 0.6) is 0 Å². The molecule has 0 aromatic heterocycles. The number of nitriles is 1. The van der Waals surface area contributed by atoms with Gasteiger partial charge in [-0.15, -0.1) is 0 Å². The second-order valence-electron chi connectivity index (χ2n) is 3.77. The molecular formula is C12H16N2O2. The van der Waals surface area contributed by atoms with Crippen molar-refractivity contribution in [2.75, 3.05) is 6.54 Å². The minimum absolute atomic E-state index is 0.327. The minimum atomic E-state index is -0.948. The van der Waals surface area contributed by atoms with E-state index >= 15 is 0 Å². The highest BCUT2D eigenvalue weighted by molar-refractivity contribution is 5.38. The van der Waals surface area contributed by atoms with Crippen molar-refractivity contribution in [3.63, 3.8) is 0 Å². The number of hydrogen-bond acceptors (Lipinski definition) is 4. The van der Waals surface area contributed by atoms with Crippen LogP contribution in [0.15, 0.2) is 18.2 Å². The van der Waals surface area contributed by atoms with Gasteiger partial charge in [0, 0.05) is 0 Å². The van der Waals surface area contributed by atoms with Crippen LogP contribution in [-0.2, 0) is 0 Å². The van der Waals surface area contributed by atoms with E-state index in [4.69, 9.17) is 11.0 Å². The summed E-state index contributed by atoms with van der Waals surface area (Å²) in [4.78, 5) is 0. The second kappa shape index (κ2) is 5.61. The maximum Gasteiger partial charge on any atom is 0.105 e. The summed E-state index contributed by atoms with van der Waals surface area (Å²) in [5.41, 5.74) is 7.29. The van der Waals surface area contributed by atoms with Gasteiger partial charge in [-0.25, -0.2) is 0 Å². The molecule has 2 atom stereocenters. The zero-order chi connectivity index (χ0) is 12.1. The Kier molecular flexibility index (Phi) is 4.44. The van der Waals surface area contributed by atoms with Crippen molar-refractivity contribution in [1.82, 2.24) is 0 Å². The second-order valence-corrected chi connectivity index (χ2v) is 3.77. The molecule has 0 aliphatic rings. The Morgan fingerprint density at radius 3 is 2.62 bits per heavy atom. The Morgan fingerprint density at radius 1 is 1.44 bits per heavy atom. The molecule has 16 heavy (non-hydrogen) atoms. The molecule has 1 rings (SSSR count). The number of aliphatic hydroxyl groups is 2. The molecule has 0 heterocycles. The van der Waals surface area contributed by atoms with E-state index in [1.54, 1.807) is 25.1 Å². The molecule has 4 heteroatoms. The van der Waals surface area contributed by atoms with Crippen molar-refractivity contribution < 1.29 is 10.2 Å². The molecule has 2 unspecified atom stereocenters. The average molecular weight is 220 g/mol. The van der Waals surface area contributed by atoms with E-state index in [0.717, 1.165) is 5.56 Å². The van der Waals surface area contributed by atoms with Crippen LogP contribution < -0.4 is 5.73 Å². The van der Waals surface area contributed by atoms with Crippen molar-refractivity contribution in [3.8, 4) is 6.07 Å². The molecule has 0 fully saturated rings. The van der Waals surface area contributed by atoms with Crippen molar-refractivity contribution in [2.24, 2.45) is 5.73 Å². The topological polar surface area (TPSA) is 90.3 Å². The summed E-state index contributed by atoms with van der Waals surface area (Å²) in [7, 11) is 0. The van der Waals surface area contributed by atoms with Crippen LogP contribution in [0.3, 0.4) is 0 Å². The first kappa shape index (κ1) is 12.7. The first-order valence-electron chi connectivity index (χ1n) is 5.17. The summed E-state index contributed by atoms with van der Waals surface area (Å²) >= 11 is 0. The predicted octanol–water partition coefficient (Wildman–Crippen LogP) is 0.610. The lowest BCUT2D eigenvalue weighted by Gasteiger charge is -2.19. The van der Waals surface area contributed by atoms with Crippen molar-refractivity contribution in [1.29, 1.82) is 5.26 Å². The van der Waals surface area contributed by atoms with Crippen LogP contribution in [0.1, 0.15) is 29.2 Å². The van der Waals surface area contributed by atoms with E-state index in [1.165, 1.54) is 0 Å². The van der Waals surface area contributed by atoms with Gasteiger partial charge in [-0.2, -0.15) is 5.26 Å². The highest BCUT2D eigenvalue weighted by Gasteiger charge is 2.19. The number of nitrogens with two attached hydrogens (primary N) is 1. The van der Waals surface area contributed by atoms with Crippen molar-refractivity contribution >= 4 is 0 Å². The molecule has 1 aromatic carbocycles. The molecule has 0 aliphatic carbocycles. The van der Waals surface area contributed by atoms with Crippen molar-refractivity contribution in [3.05, 3.63) is 34.9 Å². The third kappa shape index (κ3) is 2.80. The number of nitrogens with zero attached hydrogens (tertiary/aromatic N) is 1. The maximum absolute atomic E-state index is 9.88. The van der Waals surface area contributed by atoms with Crippen LogP contribution in [-0.4, -0.2) is 22.9 Å². The van der Waals surface area contributed by atoms with E-state index in [2.05, 4.69) is 0 Å². The van der Waals surface area contributed by atoms with Crippen molar-refractivity contribution in [2.45, 2.75) is 25.6 Å². The summed E-state index contributed by atoms with van der Waals surface area (Å²) in [5.74, 6) is 0. The SMILES string of the molecule is Cc1cc(C#N)ccc1C(O)C(O)CCN. The standard InChI is InChI=1S/C12H16N2O2/c1-8-6-9(7-14)2-3-10(8)12(16)11(15)4-5-13/h2-3,6,11-12,15-16H,4-5,13H2,1H3. The molecule has 0 aliphatic heterocycles. The fourth-order valence-electron chi connectivity index (χ4n) is 1.61. The van der Waals surface area contributed by atoms with E-state index in [9.17, 15) is 10.2 Å². The van der Waals surface area contributed by atoms with Crippen LogP contribution >= 0.6 is 0 Å².